The van der Waals surface area contributed by atoms with E-state index in [4.69, 9.17) is 11.6 Å². The van der Waals surface area contributed by atoms with Crippen molar-refractivity contribution in [2.45, 2.75) is 26.8 Å². The van der Waals surface area contributed by atoms with Gasteiger partial charge in [-0.25, -0.2) is 0 Å². The van der Waals surface area contributed by atoms with E-state index in [0.717, 1.165) is 23.6 Å². The summed E-state index contributed by atoms with van der Waals surface area (Å²) in [5.74, 6) is 0.780. The summed E-state index contributed by atoms with van der Waals surface area (Å²) >= 11 is 6.13. The van der Waals surface area contributed by atoms with Crippen molar-refractivity contribution < 1.29 is 0 Å². The Morgan fingerprint density at radius 3 is 2.94 bits per heavy atom. The summed E-state index contributed by atoms with van der Waals surface area (Å²) in [6.07, 6.45) is 0. The van der Waals surface area contributed by atoms with Gasteiger partial charge in [-0.1, -0.05) is 24.6 Å². The maximum atomic E-state index is 6.13. The van der Waals surface area contributed by atoms with Crippen LogP contribution in [0.2, 0.25) is 5.02 Å². The van der Waals surface area contributed by atoms with Crippen molar-refractivity contribution in [1.29, 1.82) is 0 Å². The Morgan fingerprint density at radius 2 is 2.22 bits per heavy atom. The third-order valence-electron chi connectivity index (χ3n) is 2.86. The molecule has 0 aliphatic carbocycles. The Morgan fingerprint density at radius 1 is 1.44 bits per heavy atom. The van der Waals surface area contributed by atoms with Crippen LogP contribution in [0.4, 0.5) is 0 Å². The van der Waals surface area contributed by atoms with Crippen LogP contribution in [-0.4, -0.2) is 26.8 Å². The normalized spacial score (nSPS) is 12.7. The molecule has 0 bridgehead atoms. The summed E-state index contributed by atoms with van der Waals surface area (Å²) in [5, 5.41) is 15.9. The second-order valence-corrected chi connectivity index (χ2v) is 4.52. The quantitative estimate of drug-likeness (QED) is 0.922. The van der Waals surface area contributed by atoms with Crippen molar-refractivity contribution in [3.8, 4) is 5.69 Å². The minimum absolute atomic E-state index is 0.0865. The van der Waals surface area contributed by atoms with Gasteiger partial charge in [-0.15, -0.1) is 5.10 Å². The Hall–Kier alpha value is -1.46. The zero-order valence-electron chi connectivity index (χ0n) is 10.7. The van der Waals surface area contributed by atoms with Crippen molar-refractivity contribution in [3.63, 3.8) is 0 Å². The van der Waals surface area contributed by atoms with Crippen LogP contribution in [0.5, 0.6) is 0 Å². The molecular weight excluding hydrogens is 250 g/mol. The highest BCUT2D eigenvalue weighted by molar-refractivity contribution is 6.31. The van der Waals surface area contributed by atoms with E-state index in [1.807, 2.05) is 32.0 Å². The van der Waals surface area contributed by atoms with Gasteiger partial charge >= 0.3 is 0 Å². The van der Waals surface area contributed by atoms with Gasteiger partial charge in [-0.3, -0.25) is 0 Å². The molecule has 0 aliphatic rings. The van der Waals surface area contributed by atoms with E-state index < -0.39 is 0 Å². The Balaban J connectivity index is 2.45. The predicted octanol–water partition coefficient (Wildman–Crippen LogP) is 2.29. The summed E-state index contributed by atoms with van der Waals surface area (Å²) in [5.41, 5.74) is 1.88. The first-order valence-corrected chi connectivity index (χ1v) is 6.30. The third kappa shape index (κ3) is 2.37. The van der Waals surface area contributed by atoms with E-state index in [1.54, 1.807) is 4.68 Å². The molecule has 1 aromatic heterocycles. The lowest BCUT2D eigenvalue weighted by Gasteiger charge is -2.13. The molecule has 0 fully saturated rings. The molecule has 96 valence electrons. The van der Waals surface area contributed by atoms with Crippen molar-refractivity contribution in [3.05, 3.63) is 34.6 Å². The largest absolute Gasteiger partial charge is 0.308 e. The van der Waals surface area contributed by atoms with E-state index in [0.29, 0.717) is 5.02 Å². The van der Waals surface area contributed by atoms with Gasteiger partial charge in [0.1, 0.15) is 0 Å². The van der Waals surface area contributed by atoms with Crippen molar-refractivity contribution in [2.24, 2.45) is 0 Å². The van der Waals surface area contributed by atoms with Crippen LogP contribution in [0.3, 0.4) is 0 Å². The lowest BCUT2D eigenvalue weighted by Crippen LogP contribution is -2.21. The fourth-order valence-electron chi connectivity index (χ4n) is 1.86. The zero-order chi connectivity index (χ0) is 13.1. The molecule has 18 heavy (non-hydrogen) atoms. The van der Waals surface area contributed by atoms with Crippen molar-refractivity contribution in [1.82, 2.24) is 25.5 Å². The average molecular weight is 266 g/mol. The molecule has 0 radical (unpaired) electrons. The first-order valence-electron chi connectivity index (χ1n) is 5.92. The summed E-state index contributed by atoms with van der Waals surface area (Å²) in [6.45, 7) is 6.91. The summed E-state index contributed by atoms with van der Waals surface area (Å²) in [6, 6.07) is 5.80. The number of nitrogens with one attached hydrogen (secondary N) is 1. The Labute approximate surface area is 111 Å². The molecule has 1 unspecified atom stereocenters. The van der Waals surface area contributed by atoms with E-state index in [9.17, 15) is 0 Å². The van der Waals surface area contributed by atoms with Gasteiger partial charge in [0.2, 0.25) is 0 Å². The molecule has 1 atom stereocenters. The smallest absolute Gasteiger partial charge is 0.173 e. The number of nitrogens with zero attached hydrogens (tertiary/aromatic N) is 4. The van der Waals surface area contributed by atoms with Gasteiger partial charge in [-0.05, 0) is 48.5 Å². The molecule has 2 aromatic rings. The predicted molar refractivity (Wildman–Crippen MR) is 71.0 cm³/mol. The average Bonchev–Trinajstić information content (AvgIpc) is 2.82. The van der Waals surface area contributed by atoms with Crippen molar-refractivity contribution >= 4 is 11.6 Å². The Bertz CT molecular complexity index is 537. The van der Waals surface area contributed by atoms with Crippen LogP contribution in [0, 0.1) is 6.92 Å². The second-order valence-electron chi connectivity index (χ2n) is 4.11. The molecule has 0 aliphatic heterocycles. The van der Waals surface area contributed by atoms with Gasteiger partial charge in [0.15, 0.2) is 5.82 Å². The zero-order valence-corrected chi connectivity index (χ0v) is 11.4. The standard InChI is InChI=1S/C12H16ClN5/c1-4-14-9(3)12-15-16-17-18(12)11-7-5-6-10(13)8(11)2/h5-7,9,14H,4H2,1-3H3. The summed E-state index contributed by atoms with van der Waals surface area (Å²) in [7, 11) is 0. The SMILES string of the molecule is CCNC(C)c1nnnn1-c1cccc(Cl)c1C. The number of benzene rings is 1. The lowest BCUT2D eigenvalue weighted by molar-refractivity contribution is 0.550. The van der Waals surface area contributed by atoms with Gasteiger partial charge in [-0.2, -0.15) is 4.68 Å². The van der Waals surface area contributed by atoms with Crippen LogP contribution >= 0.6 is 11.6 Å². The van der Waals surface area contributed by atoms with E-state index >= 15 is 0 Å². The maximum absolute atomic E-state index is 6.13. The second kappa shape index (κ2) is 5.46. The highest BCUT2D eigenvalue weighted by Gasteiger charge is 2.16. The highest BCUT2D eigenvalue weighted by Crippen LogP contribution is 2.23. The highest BCUT2D eigenvalue weighted by atomic mass is 35.5. The molecule has 0 spiro atoms. The molecule has 0 amide bonds. The first kappa shape index (κ1) is 13.0. The van der Waals surface area contributed by atoms with Crippen LogP contribution in [0.25, 0.3) is 5.69 Å². The molecular formula is C12H16ClN5. The van der Waals surface area contributed by atoms with Crippen molar-refractivity contribution in [2.75, 3.05) is 6.54 Å². The Kier molecular flexibility index (Phi) is 3.93. The number of hydrogen-bond donors (Lipinski definition) is 1. The number of aromatic nitrogens is 4. The maximum Gasteiger partial charge on any atom is 0.173 e. The fraction of sp³-hybridized carbons (Fsp3) is 0.417. The molecule has 1 heterocycles. The molecule has 0 saturated heterocycles. The number of rotatable bonds is 4. The number of tetrazole rings is 1. The van der Waals surface area contributed by atoms with Crippen LogP contribution in [-0.2, 0) is 0 Å². The molecule has 1 N–H and O–H groups in total. The molecule has 5 nitrogen and oxygen atoms in total. The lowest BCUT2D eigenvalue weighted by atomic mass is 10.2. The minimum atomic E-state index is 0.0865. The summed E-state index contributed by atoms with van der Waals surface area (Å²) < 4.78 is 1.73. The van der Waals surface area contributed by atoms with Crippen LogP contribution < -0.4 is 5.32 Å². The van der Waals surface area contributed by atoms with E-state index in [-0.39, 0.29) is 6.04 Å². The van der Waals surface area contributed by atoms with Gasteiger partial charge in [0.25, 0.3) is 0 Å². The third-order valence-corrected chi connectivity index (χ3v) is 3.27. The topological polar surface area (TPSA) is 55.6 Å². The van der Waals surface area contributed by atoms with Gasteiger partial charge in [0, 0.05) is 5.02 Å². The monoisotopic (exact) mass is 265 g/mol. The molecule has 1 aromatic carbocycles. The first-order chi connectivity index (χ1) is 8.65. The number of halogens is 1. The molecule has 6 heteroatoms. The number of hydrogen-bond acceptors (Lipinski definition) is 4. The molecule has 0 saturated carbocycles. The van der Waals surface area contributed by atoms with Crippen LogP contribution in [0.15, 0.2) is 18.2 Å². The summed E-state index contributed by atoms with van der Waals surface area (Å²) in [4.78, 5) is 0. The fourth-order valence-corrected chi connectivity index (χ4v) is 2.03. The van der Waals surface area contributed by atoms with E-state index in [2.05, 4.69) is 27.8 Å². The molecule has 2 rings (SSSR count). The van der Waals surface area contributed by atoms with Gasteiger partial charge in [0.05, 0.1) is 11.7 Å². The van der Waals surface area contributed by atoms with Crippen LogP contribution in [0.1, 0.15) is 31.3 Å². The van der Waals surface area contributed by atoms with Gasteiger partial charge < -0.3 is 5.32 Å². The van der Waals surface area contributed by atoms with E-state index in [1.165, 1.54) is 0 Å². The minimum Gasteiger partial charge on any atom is -0.308 e.